The van der Waals surface area contributed by atoms with E-state index in [1.807, 2.05) is 49.4 Å². The van der Waals surface area contributed by atoms with Gasteiger partial charge in [0.05, 0.1) is 9.79 Å². The van der Waals surface area contributed by atoms with E-state index in [-0.39, 0.29) is 21.9 Å². The molecule has 0 N–H and O–H groups in total. The fraction of sp³-hybridized carbons (Fsp3) is 0.304. The van der Waals surface area contributed by atoms with E-state index >= 15 is 0 Å². The molecule has 6 nitrogen and oxygen atoms in total. The van der Waals surface area contributed by atoms with Gasteiger partial charge in [0, 0.05) is 26.2 Å². The third-order valence-electron chi connectivity index (χ3n) is 5.70. The molecule has 0 aromatic heterocycles. The van der Waals surface area contributed by atoms with E-state index in [2.05, 4.69) is 0 Å². The highest BCUT2D eigenvalue weighted by molar-refractivity contribution is 7.90. The zero-order chi connectivity index (χ0) is 22.4. The third kappa shape index (κ3) is 4.13. The third-order valence-corrected chi connectivity index (χ3v) is 9.53. The molecule has 0 saturated heterocycles. The van der Waals surface area contributed by atoms with Crippen molar-refractivity contribution in [3.05, 3.63) is 72.3 Å². The summed E-state index contributed by atoms with van der Waals surface area (Å²) in [5.41, 5.74) is 0.909. The second-order valence-corrected chi connectivity index (χ2v) is 12.1. The van der Waals surface area contributed by atoms with Gasteiger partial charge in [-0.05, 0) is 60.4 Å². The predicted octanol–water partition coefficient (Wildman–Crippen LogP) is 4.00. The summed E-state index contributed by atoms with van der Waals surface area (Å²) >= 11 is 0. The lowest BCUT2D eigenvalue weighted by Crippen LogP contribution is -2.35. The summed E-state index contributed by atoms with van der Waals surface area (Å²) in [7, 11) is -4.78. The minimum atomic E-state index is -3.90. The molecule has 1 aliphatic rings. The fourth-order valence-corrected chi connectivity index (χ4v) is 6.73. The lowest BCUT2D eigenvalue weighted by molar-refractivity contribution is 0.334. The Morgan fingerprint density at radius 1 is 0.774 bits per heavy atom. The number of fused-ring (bicyclic) bond motifs is 1. The van der Waals surface area contributed by atoms with Gasteiger partial charge in [0.25, 0.3) is 0 Å². The van der Waals surface area contributed by atoms with Crippen molar-refractivity contribution in [2.75, 3.05) is 14.1 Å². The Bertz CT molecular complexity index is 1330. The van der Waals surface area contributed by atoms with Crippen molar-refractivity contribution in [1.82, 2.24) is 8.61 Å². The Labute approximate surface area is 184 Å². The van der Waals surface area contributed by atoms with E-state index in [9.17, 15) is 16.8 Å². The van der Waals surface area contributed by atoms with E-state index in [1.54, 1.807) is 4.31 Å². The molecule has 4 rings (SSSR count). The van der Waals surface area contributed by atoms with Crippen molar-refractivity contribution < 1.29 is 16.8 Å². The molecule has 0 amide bonds. The van der Waals surface area contributed by atoms with E-state index in [4.69, 9.17) is 0 Å². The maximum atomic E-state index is 13.7. The van der Waals surface area contributed by atoms with Gasteiger partial charge in [-0.1, -0.05) is 42.5 Å². The van der Waals surface area contributed by atoms with Crippen LogP contribution in [0.5, 0.6) is 0 Å². The van der Waals surface area contributed by atoms with Gasteiger partial charge >= 0.3 is 0 Å². The van der Waals surface area contributed by atoms with Gasteiger partial charge in [-0.2, -0.15) is 4.31 Å². The molecule has 1 aliphatic carbocycles. The Balaban J connectivity index is 1.75. The lowest BCUT2D eigenvalue weighted by Gasteiger charge is -2.29. The number of sulfonamides is 2. The highest BCUT2D eigenvalue weighted by atomic mass is 32.2. The zero-order valence-corrected chi connectivity index (χ0v) is 19.4. The average molecular weight is 459 g/mol. The maximum absolute atomic E-state index is 13.7. The zero-order valence-electron chi connectivity index (χ0n) is 17.8. The molecule has 31 heavy (non-hydrogen) atoms. The van der Waals surface area contributed by atoms with Gasteiger partial charge in [0.2, 0.25) is 20.0 Å². The van der Waals surface area contributed by atoms with E-state index in [0.29, 0.717) is 0 Å². The van der Waals surface area contributed by atoms with E-state index < -0.39 is 20.0 Å². The molecule has 0 bridgehead atoms. The molecule has 3 aromatic rings. The Hall–Kier alpha value is -2.26. The molecular formula is C23H26N2O4S2. The molecule has 0 aliphatic heterocycles. The van der Waals surface area contributed by atoms with Crippen molar-refractivity contribution >= 4 is 30.8 Å². The highest BCUT2D eigenvalue weighted by Gasteiger charge is 2.42. The van der Waals surface area contributed by atoms with E-state index in [1.165, 1.54) is 38.4 Å². The summed E-state index contributed by atoms with van der Waals surface area (Å²) in [4.78, 5) is -0.0392. The molecule has 164 valence electrons. The van der Waals surface area contributed by atoms with Crippen LogP contribution in [-0.2, 0) is 20.0 Å². The molecule has 1 atom stereocenters. The molecule has 1 saturated carbocycles. The second kappa shape index (κ2) is 8.02. The van der Waals surface area contributed by atoms with E-state index in [0.717, 1.165) is 33.5 Å². The number of hydrogen-bond acceptors (Lipinski definition) is 4. The van der Waals surface area contributed by atoms with Gasteiger partial charge in [0.15, 0.2) is 0 Å². The number of nitrogens with zero attached hydrogens (tertiary/aromatic N) is 2. The largest absolute Gasteiger partial charge is 0.243 e. The quantitative estimate of drug-likeness (QED) is 0.536. The number of benzene rings is 3. The van der Waals surface area contributed by atoms with Crippen molar-refractivity contribution in [1.29, 1.82) is 0 Å². The van der Waals surface area contributed by atoms with Gasteiger partial charge in [-0.25, -0.2) is 21.1 Å². The first kappa shape index (κ1) is 22.0. The van der Waals surface area contributed by atoms with Crippen molar-refractivity contribution in [3.8, 4) is 0 Å². The smallest absolute Gasteiger partial charge is 0.207 e. The summed E-state index contributed by atoms with van der Waals surface area (Å²) < 4.78 is 55.0. The van der Waals surface area contributed by atoms with Crippen LogP contribution in [0.1, 0.15) is 31.4 Å². The molecular weight excluding hydrogens is 432 g/mol. The molecule has 0 radical (unpaired) electrons. The number of rotatable bonds is 7. The van der Waals surface area contributed by atoms with Crippen LogP contribution in [0.25, 0.3) is 10.8 Å². The summed E-state index contributed by atoms with van der Waals surface area (Å²) in [6.07, 6.45) is 1.60. The van der Waals surface area contributed by atoms with Crippen LogP contribution in [0.4, 0.5) is 0 Å². The Morgan fingerprint density at radius 3 is 2.00 bits per heavy atom. The monoisotopic (exact) mass is 458 g/mol. The minimum Gasteiger partial charge on any atom is -0.207 e. The normalized spacial score (nSPS) is 16.2. The minimum absolute atomic E-state index is 0.00466. The van der Waals surface area contributed by atoms with Crippen molar-refractivity contribution in [2.45, 2.75) is 41.6 Å². The molecule has 1 unspecified atom stereocenters. The highest BCUT2D eigenvalue weighted by Crippen LogP contribution is 2.39. The Kier molecular flexibility index (Phi) is 5.68. The van der Waals surface area contributed by atoms with Crippen LogP contribution >= 0.6 is 0 Å². The topological polar surface area (TPSA) is 74.8 Å². The van der Waals surface area contributed by atoms with Crippen molar-refractivity contribution in [3.63, 3.8) is 0 Å². The van der Waals surface area contributed by atoms with Gasteiger partial charge < -0.3 is 0 Å². The second-order valence-electron chi connectivity index (χ2n) is 8.11. The SMILES string of the molecule is CC(c1ccc2ccccc2c1)N(C1CC1)S(=O)(=O)c1cccc(S(=O)(=O)N(C)C)c1. The molecule has 1 fully saturated rings. The first-order chi connectivity index (χ1) is 14.6. The van der Waals surface area contributed by atoms with Gasteiger partial charge in [0.1, 0.15) is 0 Å². The van der Waals surface area contributed by atoms with Crippen LogP contribution in [0.3, 0.4) is 0 Å². The number of hydrogen-bond donors (Lipinski definition) is 0. The molecule has 0 spiro atoms. The molecule has 0 heterocycles. The molecule has 8 heteroatoms. The molecule has 3 aromatic carbocycles. The summed E-state index contributed by atoms with van der Waals surface area (Å²) in [6.45, 7) is 1.89. The van der Waals surface area contributed by atoms with Crippen LogP contribution in [0, 0.1) is 0 Å². The average Bonchev–Trinajstić information content (AvgIpc) is 3.58. The lowest BCUT2D eigenvalue weighted by atomic mass is 10.0. The van der Waals surface area contributed by atoms with Gasteiger partial charge in [-0.15, -0.1) is 0 Å². The van der Waals surface area contributed by atoms with Crippen LogP contribution < -0.4 is 0 Å². The fourth-order valence-electron chi connectivity index (χ4n) is 3.79. The van der Waals surface area contributed by atoms with Crippen LogP contribution in [0.15, 0.2) is 76.5 Å². The standard InChI is InChI=1S/C23H26N2O4S2/c1-17(19-12-11-18-7-4-5-8-20(18)15-19)25(21-13-14-21)31(28,29)23-10-6-9-22(16-23)30(26,27)24(2)3/h4-12,15-17,21H,13-14H2,1-3H3. The van der Waals surface area contributed by atoms with Gasteiger partial charge in [-0.3, -0.25) is 0 Å². The Morgan fingerprint density at radius 2 is 1.39 bits per heavy atom. The maximum Gasteiger partial charge on any atom is 0.243 e. The summed E-state index contributed by atoms with van der Waals surface area (Å²) in [6, 6.07) is 19.1. The summed E-state index contributed by atoms with van der Waals surface area (Å²) in [5.74, 6) is 0. The summed E-state index contributed by atoms with van der Waals surface area (Å²) in [5, 5.41) is 2.15. The van der Waals surface area contributed by atoms with Crippen LogP contribution in [0.2, 0.25) is 0 Å². The first-order valence-corrected chi connectivity index (χ1v) is 13.1. The predicted molar refractivity (Wildman–Crippen MR) is 122 cm³/mol. The first-order valence-electron chi connectivity index (χ1n) is 10.2. The van der Waals surface area contributed by atoms with Crippen LogP contribution in [-0.4, -0.2) is 45.6 Å². The van der Waals surface area contributed by atoms with Crippen molar-refractivity contribution in [2.24, 2.45) is 0 Å².